The first-order valence-electron chi connectivity index (χ1n) is 3.93. The third-order valence-electron chi connectivity index (χ3n) is 1.35. The monoisotopic (exact) mass is 191 g/mol. The molecule has 0 spiro atoms. The van der Waals surface area contributed by atoms with E-state index in [4.69, 9.17) is 10.5 Å². The van der Waals surface area contributed by atoms with Gasteiger partial charge in [-0.15, -0.1) is 0 Å². The maximum atomic E-state index is 11.0. The normalized spacial score (nSPS) is 10.0. The first kappa shape index (κ1) is 9.98. The molecule has 1 aromatic rings. The van der Waals surface area contributed by atoms with E-state index in [0.717, 1.165) is 12.2 Å². The molecule has 1 aromatic carbocycles. The fourth-order valence-electron chi connectivity index (χ4n) is 0.789. The van der Waals surface area contributed by atoms with Gasteiger partial charge in [0.2, 0.25) is 5.91 Å². The highest BCUT2D eigenvalue weighted by Gasteiger charge is 1.98. The van der Waals surface area contributed by atoms with Gasteiger partial charge >= 0.3 is 5.97 Å². The number of benzene rings is 1. The highest BCUT2D eigenvalue weighted by Crippen LogP contribution is 2.08. The molecule has 0 bridgehead atoms. The summed E-state index contributed by atoms with van der Waals surface area (Å²) < 4.78 is 4.83. The molecular formula is C10H9NO3. The number of rotatable bonds is 3. The van der Waals surface area contributed by atoms with E-state index in [1.165, 1.54) is 0 Å². The quantitative estimate of drug-likeness (QED) is 0.433. The third-order valence-corrected chi connectivity index (χ3v) is 1.35. The van der Waals surface area contributed by atoms with Crippen LogP contribution in [0.25, 0.3) is 0 Å². The Bertz CT molecular complexity index is 357. The molecule has 1 rings (SSSR count). The molecule has 2 N–H and O–H groups in total. The molecule has 0 aromatic heterocycles. The largest absolute Gasteiger partial charge is 0.423 e. The second-order valence-corrected chi connectivity index (χ2v) is 2.47. The van der Waals surface area contributed by atoms with E-state index >= 15 is 0 Å². The van der Waals surface area contributed by atoms with E-state index in [-0.39, 0.29) is 0 Å². The van der Waals surface area contributed by atoms with E-state index in [1.807, 2.05) is 0 Å². The zero-order chi connectivity index (χ0) is 10.4. The van der Waals surface area contributed by atoms with E-state index in [1.54, 1.807) is 30.3 Å². The maximum absolute atomic E-state index is 11.0. The first-order valence-corrected chi connectivity index (χ1v) is 3.93. The predicted octanol–water partition coefficient (Wildman–Crippen LogP) is 0.633. The van der Waals surface area contributed by atoms with Crippen LogP contribution in [0.5, 0.6) is 5.75 Å². The lowest BCUT2D eigenvalue weighted by atomic mass is 10.3. The number of primary amides is 1. The zero-order valence-electron chi connectivity index (χ0n) is 7.34. The van der Waals surface area contributed by atoms with Crippen LogP contribution >= 0.6 is 0 Å². The Morgan fingerprint density at radius 2 is 1.79 bits per heavy atom. The van der Waals surface area contributed by atoms with Crippen molar-refractivity contribution in [2.45, 2.75) is 0 Å². The summed E-state index contributed by atoms with van der Waals surface area (Å²) in [5.41, 5.74) is 4.80. The van der Waals surface area contributed by atoms with Gasteiger partial charge in [-0.1, -0.05) is 18.2 Å². The van der Waals surface area contributed by atoms with E-state index in [0.29, 0.717) is 5.75 Å². The summed E-state index contributed by atoms with van der Waals surface area (Å²) in [4.78, 5) is 21.3. The number of carbonyl (C=O) groups is 2. The predicted molar refractivity (Wildman–Crippen MR) is 50.4 cm³/mol. The van der Waals surface area contributed by atoms with Crippen molar-refractivity contribution in [2.75, 3.05) is 0 Å². The van der Waals surface area contributed by atoms with Crippen LogP contribution in [0.2, 0.25) is 0 Å². The third kappa shape index (κ3) is 3.53. The van der Waals surface area contributed by atoms with Gasteiger partial charge < -0.3 is 10.5 Å². The highest BCUT2D eigenvalue weighted by molar-refractivity contribution is 5.94. The molecule has 0 aliphatic carbocycles. The van der Waals surface area contributed by atoms with Gasteiger partial charge in [0.05, 0.1) is 0 Å². The van der Waals surface area contributed by atoms with Crippen LogP contribution in [0.3, 0.4) is 0 Å². The summed E-state index contributed by atoms with van der Waals surface area (Å²) in [5.74, 6) is -0.892. The average molecular weight is 191 g/mol. The Balaban J connectivity index is 2.54. The van der Waals surface area contributed by atoms with Crippen molar-refractivity contribution < 1.29 is 14.3 Å². The molecule has 4 nitrogen and oxygen atoms in total. The molecule has 0 aliphatic heterocycles. The van der Waals surface area contributed by atoms with Gasteiger partial charge in [-0.05, 0) is 12.1 Å². The van der Waals surface area contributed by atoms with Gasteiger partial charge in [0.1, 0.15) is 5.75 Å². The number of ether oxygens (including phenoxy) is 1. The van der Waals surface area contributed by atoms with Crippen molar-refractivity contribution in [3.8, 4) is 5.75 Å². The van der Waals surface area contributed by atoms with Crippen molar-refractivity contribution >= 4 is 11.9 Å². The molecule has 1 amide bonds. The van der Waals surface area contributed by atoms with Crippen molar-refractivity contribution in [3.05, 3.63) is 42.5 Å². The van der Waals surface area contributed by atoms with Gasteiger partial charge in [-0.2, -0.15) is 0 Å². The summed E-state index contributed by atoms with van der Waals surface area (Å²) in [6.07, 6.45) is 1.93. The zero-order valence-corrected chi connectivity index (χ0v) is 7.34. The molecule has 4 heteroatoms. The molecule has 0 heterocycles. The highest BCUT2D eigenvalue weighted by atomic mass is 16.5. The molecule has 14 heavy (non-hydrogen) atoms. The molecule has 0 fully saturated rings. The van der Waals surface area contributed by atoms with Crippen LogP contribution in [-0.4, -0.2) is 11.9 Å². The summed E-state index contributed by atoms with van der Waals surface area (Å²) in [5, 5.41) is 0. The Morgan fingerprint density at radius 1 is 1.14 bits per heavy atom. The standard InChI is InChI=1S/C10H9NO3/c11-9(12)6-7-10(13)14-8-4-2-1-3-5-8/h1-7H,(H2,11,12)/b7-6-. The van der Waals surface area contributed by atoms with E-state index in [9.17, 15) is 9.59 Å². The van der Waals surface area contributed by atoms with Crippen LogP contribution in [-0.2, 0) is 9.59 Å². The molecule has 0 saturated carbocycles. The van der Waals surface area contributed by atoms with Crippen LogP contribution in [0.1, 0.15) is 0 Å². The molecule has 0 atom stereocenters. The smallest absolute Gasteiger partial charge is 0.336 e. The topological polar surface area (TPSA) is 69.4 Å². The van der Waals surface area contributed by atoms with Crippen molar-refractivity contribution in [1.82, 2.24) is 0 Å². The SMILES string of the molecule is NC(=O)/C=C\C(=O)Oc1ccccc1. The Labute approximate surface area is 81.0 Å². The minimum absolute atomic E-state index is 0.423. The average Bonchev–Trinajstić information content (AvgIpc) is 2.16. The Morgan fingerprint density at radius 3 is 2.36 bits per heavy atom. The maximum Gasteiger partial charge on any atom is 0.336 e. The molecule has 0 radical (unpaired) electrons. The Hall–Kier alpha value is -2.10. The number of nitrogens with two attached hydrogens (primary N) is 1. The van der Waals surface area contributed by atoms with Gasteiger partial charge in [0.25, 0.3) is 0 Å². The Kier molecular flexibility index (Phi) is 3.43. The van der Waals surface area contributed by atoms with Crippen LogP contribution in [0, 0.1) is 0 Å². The van der Waals surface area contributed by atoms with Gasteiger partial charge in [-0.25, -0.2) is 4.79 Å². The van der Waals surface area contributed by atoms with E-state index in [2.05, 4.69) is 0 Å². The lowest BCUT2D eigenvalue weighted by Crippen LogP contribution is -2.09. The summed E-state index contributed by atoms with van der Waals surface area (Å²) in [6.45, 7) is 0. The first-order chi connectivity index (χ1) is 6.68. The summed E-state index contributed by atoms with van der Waals surface area (Å²) in [6, 6.07) is 8.55. The van der Waals surface area contributed by atoms with Crippen LogP contribution in [0.4, 0.5) is 0 Å². The van der Waals surface area contributed by atoms with Crippen molar-refractivity contribution in [2.24, 2.45) is 5.73 Å². The molecule has 72 valence electrons. The van der Waals surface area contributed by atoms with Crippen LogP contribution < -0.4 is 10.5 Å². The fourth-order valence-corrected chi connectivity index (χ4v) is 0.789. The lowest BCUT2D eigenvalue weighted by molar-refractivity contribution is -0.129. The molecular weight excluding hydrogens is 182 g/mol. The van der Waals surface area contributed by atoms with Crippen LogP contribution in [0.15, 0.2) is 42.5 Å². The minimum Gasteiger partial charge on any atom is -0.423 e. The summed E-state index contributed by atoms with van der Waals surface area (Å²) >= 11 is 0. The van der Waals surface area contributed by atoms with Crippen molar-refractivity contribution in [3.63, 3.8) is 0 Å². The number of hydrogen-bond acceptors (Lipinski definition) is 3. The van der Waals surface area contributed by atoms with Gasteiger partial charge in [-0.3, -0.25) is 4.79 Å². The molecule has 0 unspecified atom stereocenters. The number of carbonyl (C=O) groups excluding carboxylic acids is 2. The number of esters is 1. The van der Waals surface area contributed by atoms with Gasteiger partial charge in [0.15, 0.2) is 0 Å². The molecule has 0 aliphatic rings. The lowest BCUT2D eigenvalue weighted by Gasteiger charge is -1.98. The fraction of sp³-hybridized carbons (Fsp3) is 0. The minimum atomic E-state index is -0.685. The van der Waals surface area contributed by atoms with E-state index < -0.39 is 11.9 Å². The molecule has 0 saturated heterocycles. The summed E-state index contributed by atoms with van der Waals surface area (Å²) in [7, 11) is 0. The second-order valence-electron chi connectivity index (χ2n) is 2.47. The number of amides is 1. The number of para-hydroxylation sites is 1. The second kappa shape index (κ2) is 4.81. The van der Waals surface area contributed by atoms with Crippen molar-refractivity contribution in [1.29, 1.82) is 0 Å². The number of hydrogen-bond donors (Lipinski definition) is 1. The van der Waals surface area contributed by atoms with Gasteiger partial charge in [0, 0.05) is 12.2 Å².